The van der Waals surface area contributed by atoms with Gasteiger partial charge < -0.3 is 20.7 Å². The van der Waals surface area contributed by atoms with Crippen molar-refractivity contribution in [3.8, 4) is 0 Å². The number of amides is 1. The molecule has 0 aromatic heterocycles. The number of hydrogen-bond donors (Lipinski definition) is 3. The summed E-state index contributed by atoms with van der Waals surface area (Å²) in [6.45, 7) is -0.321. The summed E-state index contributed by atoms with van der Waals surface area (Å²) in [6, 6.07) is -0.927. The second-order valence-electron chi connectivity index (χ2n) is 4.56. The third-order valence-corrected chi connectivity index (χ3v) is 3.57. The van der Waals surface area contributed by atoms with Gasteiger partial charge in [-0.2, -0.15) is 9.98 Å². The maximum atomic E-state index is 11.7. The summed E-state index contributed by atoms with van der Waals surface area (Å²) >= 11 is 6.01. The van der Waals surface area contributed by atoms with Crippen molar-refractivity contribution in [2.24, 2.45) is 20.7 Å². The van der Waals surface area contributed by atoms with Gasteiger partial charge in [-0.25, -0.2) is 4.99 Å². The molecule has 3 rings (SSSR count). The number of aliphatic imine (C=N–C) groups is 3. The topological polar surface area (TPSA) is 133 Å². The molecular formula is C10H12ClN5O4. The van der Waals surface area contributed by atoms with Crippen LogP contribution in [0.3, 0.4) is 0 Å². The van der Waals surface area contributed by atoms with E-state index in [0.29, 0.717) is 0 Å². The molecule has 3 heterocycles. The van der Waals surface area contributed by atoms with E-state index < -0.39 is 30.4 Å². The summed E-state index contributed by atoms with van der Waals surface area (Å²) < 4.78 is 5.48. The van der Waals surface area contributed by atoms with E-state index in [-0.39, 0.29) is 30.1 Å². The van der Waals surface area contributed by atoms with Gasteiger partial charge in [0.2, 0.25) is 11.3 Å². The van der Waals surface area contributed by atoms with Crippen LogP contribution < -0.4 is 5.73 Å². The number of amidine groups is 2. The number of nitrogens with two attached hydrogens (primary N) is 1. The van der Waals surface area contributed by atoms with Crippen LogP contribution in [0.4, 0.5) is 0 Å². The number of aliphatic hydroxyl groups is 2. The predicted molar refractivity (Wildman–Crippen MR) is 69.4 cm³/mol. The number of guanidine groups is 1. The predicted octanol–water partition coefficient (Wildman–Crippen LogP) is -2.01. The molecule has 4 atom stereocenters. The Morgan fingerprint density at radius 2 is 2.25 bits per heavy atom. The quantitative estimate of drug-likeness (QED) is 0.505. The standard InChI is InChI=1S/C10H12ClN5O4/c11-9-13-6-7(14-10(12)15-8(6)19)16(9)5-1-3(18)4(2-17)20-5/h3-6,17-18H,1-2H2,(H2,12,15,19)/t3-,4+,5+,6?/m0/s1. The molecule has 1 fully saturated rings. The van der Waals surface area contributed by atoms with Crippen molar-refractivity contribution in [3.63, 3.8) is 0 Å². The van der Waals surface area contributed by atoms with Gasteiger partial charge in [-0.05, 0) is 11.6 Å². The van der Waals surface area contributed by atoms with E-state index in [1.807, 2.05) is 0 Å². The molecule has 3 aliphatic rings. The highest BCUT2D eigenvalue weighted by Crippen LogP contribution is 2.29. The first-order valence-corrected chi connectivity index (χ1v) is 6.32. The summed E-state index contributed by atoms with van der Waals surface area (Å²) in [5, 5.41) is 18.9. The minimum absolute atomic E-state index is 0.0165. The molecule has 1 saturated heterocycles. The highest BCUT2D eigenvalue weighted by molar-refractivity contribution is 6.67. The second-order valence-corrected chi connectivity index (χ2v) is 4.90. The van der Waals surface area contributed by atoms with Gasteiger partial charge in [0.15, 0.2) is 11.9 Å². The van der Waals surface area contributed by atoms with Crippen LogP contribution in [0.1, 0.15) is 6.42 Å². The van der Waals surface area contributed by atoms with Gasteiger partial charge in [0.1, 0.15) is 12.3 Å². The Bertz CT molecular complexity index is 548. The monoisotopic (exact) mass is 301 g/mol. The van der Waals surface area contributed by atoms with Crippen LogP contribution >= 0.6 is 11.6 Å². The van der Waals surface area contributed by atoms with Crippen molar-refractivity contribution in [2.75, 3.05) is 6.61 Å². The van der Waals surface area contributed by atoms with E-state index in [1.165, 1.54) is 4.90 Å². The van der Waals surface area contributed by atoms with Crippen LogP contribution in [0.2, 0.25) is 0 Å². The van der Waals surface area contributed by atoms with Crippen LogP contribution in [-0.2, 0) is 9.53 Å². The van der Waals surface area contributed by atoms with Crippen LogP contribution in [0.5, 0.6) is 0 Å². The highest BCUT2D eigenvalue weighted by atomic mass is 35.5. The van der Waals surface area contributed by atoms with Gasteiger partial charge in [-0.1, -0.05) is 0 Å². The van der Waals surface area contributed by atoms with Crippen molar-refractivity contribution in [2.45, 2.75) is 30.9 Å². The average Bonchev–Trinajstić information content (AvgIpc) is 2.89. The lowest BCUT2D eigenvalue weighted by atomic mass is 10.2. The Morgan fingerprint density at radius 1 is 1.50 bits per heavy atom. The second kappa shape index (κ2) is 4.77. The molecule has 108 valence electrons. The molecule has 10 heteroatoms. The molecular weight excluding hydrogens is 290 g/mol. The molecule has 0 bridgehead atoms. The number of rotatable bonds is 2. The maximum absolute atomic E-state index is 11.7. The van der Waals surface area contributed by atoms with E-state index in [2.05, 4.69) is 15.0 Å². The highest BCUT2D eigenvalue weighted by Gasteiger charge is 2.46. The molecule has 0 radical (unpaired) electrons. The molecule has 0 saturated carbocycles. The summed E-state index contributed by atoms with van der Waals surface area (Å²) in [6.07, 6.45) is -2.01. The SMILES string of the molecule is NC1=NC(=O)C2N=C(Cl)N([C@H]3C[C@H](O)[C@@H](CO)O3)C2=N1. The van der Waals surface area contributed by atoms with Gasteiger partial charge >= 0.3 is 0 Å². The third-order valence-electron chi connectivity index (χ3n) is 3.29. The van der Waals surface area contributed by atoms with Crippen molar-refractivity contribution >= 4 is 34.6 Å². The van der Waals surface area contributed by atoms with E-state index in [1.54, 1.807) is 0 Å². The first-order chi connectivity index (χ1) is 9.51. The largest absolute Gasteiger partial charge is 0.394 e. The molecule has 1 unspecified atom stereocenters. The first-order valence-electron chi connectivity index (χ1n) is 5.94. The molecule has 0 aromatic rings. The molecule has 0 spiro atoms. The molecule has 3 aliphatic heterocycles. The molecule has 4 N–H and O–H groups in total. The fraction of sp³-hybridized carbons (Fsp3) is 0.600. The molecule has 20 heavy (non-hydrogen) atoms. The minimum Gasteiger partial charge on any atom is -0.394 e. The maximum Gasteiger partial charge on any atom is 0.281 e. The normalized spacial score (nSPS) is 36.6. The molecule has 0 aliphatic carbocycles. The van der Waals surface area contributed by atoms with Crippen molar-refractivity contribution in [1.29, 1.82) is 0 Å². The summed E-state index contributed by atoms with van der Waals surface area (Å²) in [7, 11) is 0. The Kier molecular flexibility index (Phi) is 3.21. The fourth-order valence-electron chi connectivity index (χ4n) is 2.35. The lowest BCUT2D eigenvalue weighted by Gasteiger charge is -2.26. The number of fused-ring (bicyclic) bond motifs is 1. The van der Waals surface area contributed by atoms with Gasteiger partial charge in [0, 0.05) is 6.42 Å². The van der Waals surface area contributed by atoms with Crippen LogP contribution in [-0.4, -0.2) is 69.2 Å². The van der Waals surface area contributed by atoms with E-state index in [4.69, 9.17) is 27.2 Å². The van der Waals surface area contributed by atoms with Gasteiger partial charge in [0.05, 0.1) is 12.7 Å². The number of carbonyl (C=O) groups excluding carboxylic acids is 1. The Morgan fingerprint density at radius 3 is 2.90 bits per heavy atom. The molecule has 0 aromatic carbocycles. The van der Waals surface area contributed by atoms with E-state index in [9.17, 15) is 9.90 Å². The van der Waals surface area contributed by atoms with Crippen LogP contribution in [0.15, 0.2) is 15.0 Å². The van der Waals surface area contributed by atoms with E-state index >= 15 is 0 Å². The smallest absolute Gasteiger partial charge is 0.281 e. The molecule has 9 nitrogen and oxygen atoms in total. The lowest BCUT2D eigenvalue weighted by Crippen LogP contribution is -2.46. The number of halogens is 1. The number of ether oxygens (including phenoxy) is 1. The zero-order chi connectivity index (χ0) is 14.4. The van der Waals surface area contributed by atoms with Gasteiger partial charge in [0.25, 0.3) is 5.91 Å². The van der Waals surface area contributed by atoms with E-state index in [0.717, 1.165) is 0 Å². The summed E-state index contributed by atoms with van der Waals surface area (Å²) in [4.78, 5) is 24.6. The number of carbonyl (C=O) groups is 1. The Labute approximate surface area is 118 Å². The van der Waals surface area contributed by atoms with Crippen LogP contribution in [0, 0.1) is 0 Å². The van der Waals surface area contributed by atoms with Crippen LogP contribution in [0.25, 0.3) is 0 Å². The van der Waals surface area contributed by atoms with Gasteiger partial charge in [-0.15, -0.1) is 0 Å². The third kappa shape index (κ3) is 1.99. The Hall–Kier alpha value is -1.55. The number of hydrogen-bond acceptors (Lipinski definition) is 8. The zero-order valence-electron chi connectivity index (χ0n) is 10.2. The summed E-state index contributed by atoms with van der Waals surface area (Å²) in [5.74, 6) is -0.501. The van der Waals surface area contributed by atoms with Gasteiger partial charge in [-0.3, -0.25) is 9.69 Å². The first kappa shape index (κ1) is 13.4. The number of aliphatic hydroxyl groups excluding tert-OH is 2. The fourth-order valence-corrected chi connectivity index (χ4v) is 2.65. The number of nitrogens with zero attached hydrogens (tertiary/aromatic N) is 4. The average molecular weight is 302 g/mol. The van der Waals surface area contributed by atoms with Crippen molar-refractivity contribution < 1.29 is 19.7 Å². The Balaban J connectivity index is 1.89. The zero-order valence-corrected chi connectivity index (χ0v) is 10.9. The lowest BCUT2D eigenvalue weighted by molar-refractivity contribution is -0.117. The minimum atomic E-state index is -0.927. The van der Waals surface area contributed by atoms with Crippen molar-refractivity contribution in [1.82, 2.24) is 4.90 Å². The summed E-state index contributed by atoms with van der Waals surface area (Å²) in [5.41, 5.74) is 5.46. The molecule has 1 amide bonds. The van der Waals surface area contributed by atoms with Crippen molar-refractivity contribution in [3.05, 3.63) is 0 Å².